The summed E-state index contributed by atoms with van der Waals surface area (Å²) in [5.74, 6) is -1.34. The minimum Gasteiger partial charge on any atom is -0.392 e. The van der Waals surface area contributed by atoms with E-state index in [9.17, 15) is 8.78 Å². The van der Waals surface area contributed by atoms with Crippen LogP contribution in [-0.2, 0) is 0 Å². The van der Waals surface area contributed by atoms with Gasteiger partial charge in [0, 0.05) is 11.6 Å². The Bertz CT molecular complexity index is 307. The largest absolute Gasteiger partial charge is 0.392 e. The van der Waals surface area contributed by atoms with Gasteiger partial charge in [-0.1, -0.05) is 6.58 Å². The lowest BCUT2D eigenvalue weighted by Gasteiger charge is -2.02. The van der Waals surface area contributed by atoms with Gasteiger partial charge in [-0.05, 0) is 17.7 Å². The van der Waals surface area contributed by atoms with Gasteiger partial charge in [0.15, 0.2) is 0 Å². The van der Waals surface area contributed by atoms with Crippen molar-refractivity contribution in [2.75, 3.05) is 6.61 Å². The second-order valence-corrected chi connectivity index (χ2v) is 2.39. The van der Waals surface area contributed by atoms with Crippen LogP contribution in [0.5, 0.6) is 0 Å². The molecular formula is C9H8F2O. The molecule has 0 atom stereocenters. The summed E-state index contributed by atoms with van der Waals surface area (Å²) in [5, 5.41) is 8.62. The van der Waals surface area contributed by atoms with Crippen molar-refractivity contribution in [3.05, 3.63) is 42.0 Å². The first-order valence-corrected chi connectivity index (χ1v) is 3.39. The monoisotopic (exact) mass is 170 g/mol. The lowest BCUT2D eigenvalue weighted by molar-refractivity contribution is 0.350. The highest BCUT2D eigenvalue weighted by Gasteiger charge is 2.05. The number of rotatable bonds is 2. The van der Waals surface area contributed by atoms with E-state index in [0.717, 1.165) is 12.1 Å². The molecule has 0 aliphatic heterocycles. The van der Waals surface area contributed by atoms with Gasteiger partial charge in [0.25, 0.3) is 0 Å². The summed E-state index contributed by atoms with van der Waals surface area (Å²) in [6, 6.07) is 3.14. The maximum atomic E-state index is 12.9. The third-order valence-corrected chi connectivity index (χ3v) is 1.50. The summed E-state index contributed by atoms with van der Waals surface area (Å²) in [4.78, 5) is 0. The molecule has 0 unspecified atom stereocenters. The molecule has 3 heteroatoms. The molecular weight excluding hydrogens is 162 g/mol. The van der Waals surface area contributed by atoms with Crippen LogP contribution in [0, 0.1) is 11.6 Å². The van der Waals surface area contributed by atoms with E-state index in [-0.39, 0.29) is 17.7 Å². The third-order valence-electron chi connectivity index (χ3n) is 1.50. The SMILES string of the molecule is C=C(CO)c1ccc(F)cc1F. The molecule has 0 spiro atoms. The lowest BCUT2D eigenvalue weighted by atomic mass is 10.1. The summed E-state index contributed by atoms with van der Waals surface area (Å²) >= 11 is 0. The van der Waals surface area contributed by atoms with Gasteiger partial charge < -0.3 is 5.11 Å². The Labute approximate surface area is 69.0 Å². The Kier molecular flexibility index (Phi) is 2.55. The zero-order valence-electron chi connectivity index (χ0n) is 6.35. The predicted molar refractivity (Wildman–Crippen MR) is 42.5 cm³/mol. The predicted octanol–water partition coefficient (Wildman–Crippen LogP) is 1.97. The average Bonchev–Trinajstić information content (AvgIpc) is 2.03. The van der Waals surface area contributed by atoms with Crippen molar-refractivity contribution in [2.45, 2.75) is 0 Å². The van der Waals surface area contributed by atoms with Crippen LogP contribution >= 0.6 is 0 Å². The molecule has 0 radical (unpaired) electrons. The molecule has 12 heavy (non-hydrogen) atoms. The minimum atomic E-state index is -0.700. The van der Waals surface area contributed by atoms with Crippen molar-refractivity contribution in [1.29, 1.82) is 0 Å². The second kappa shape index (κ2) is 3.45. The molecule has 0 aromatic heterocycles. The third kappa shape index (κ3) is 1.68. The maximum Gasteiger partial charge on any atom is 0.133 e. The van der Waals surface area contributed by atoms with E-state index in [2.05, 4.69) is 6.58 Å². The van der Waals surface area contributed by atoms with E-state index < -0.39 is 11.6 Å². The highest BCUT2D eigenvalue weighted by Crippen LogP contribution is 2.16. The first kappa shape index (κ1) is 8.87. The molecule has 0 amide bonds. The zero-order valence-corrected chi connectivity index (χ0v) is 6.35. The van der Waals surface area contributed by atoms with Crippen LogP contribution in [0.2, 0.25) is 0 Å². The summed E-state index contributed by atoms with van der Waals surface area (Å²) in [5.41, 5.74) is 0.395. The van der Waals surface area contributed by atoms with E-state index >= 15 is 0 Å². The van der Waals surface area contributed by atoms with Crippen molar-refractivity contribution in [2.24, 2.45) is 0 Å². The number of hydrogen-bond acceptors (Lipinski definition) is 1. The van der Waals surface area contributed by atoms with Gasteiger partial charge in [-0.2, -0.15) is 0 Å². The van der Waals surface area contributed by atoms with Gasteiger partial charge in [-0.25, -0.2) is 8.78 Å². The quantitative estimate of drug-likeness (QED) is 0.719. The Balaban J connectivity index is 3.09. The minimum absolute atomic E-state index is 0.152. The number of aliphatic hydroxyl groups excluding tert-OH is 1. The van der Waals surface area contributed by atoms with E-state index in [0.29, 0.717) is 0 Å². The van der Waals surface area contributed by atoms with Crippen LogP contribution in [0.1, 0.15) is 5.56 Å². The van der Waals surface area contributed by atoms with E-state index in [1.807, 2.05) is 0 Å². The van der Waals surface area contributed by atoms with Crippen molar-refractivity contribution < 1.29 is 13.9 Å². The van der Waals surface area contributed by atoms with Gasteiger partial charge in [-0.3, -0.25) is 0 Å². The van der Waals surface area contributed by atoms with Gasteiger partial charge in [0.05, 0.1) is 6.61 Å². The first-order chi connectivity index (χ1) is 5.65. The molecule has 0 fully saturated rings. The number of benzene rings is 1. The molecule has 0 aliphatic rings. The molecule has 0 saturated carbocycles. The highest BCUT2D eigenvalue weighted by atomic mass is 19.1. The molecule has 1 aromatic rings. The van der Waals surface area contributed by atoms with Crippen molar-refractivity contribution in [1.82, 2.24) is 0 Å². The fraction of sp³-hybridized carbons (Fsp3) is 0.111. The van der Waals surface area contributed by atoms with Crippen molar-refractivity contribution in [3.63, 3.8) is 0 Å². The van der Waals surface area contributed by atoms with Crippen LogP contribution in [0.4, 0.5) is 8.78 Å². The Morgan fingerprint density at radius 1 is 1.42 bits per heavy atom. The first-order valence-electron chi connectivity index (χ1n) is 3.39. The van der Waals surface area contributed by atoms with Crippen LogP contribution < -0.4 is 0 Å². The van der Waals surface area contributed by atoms with Crippen LogP contribution in [-0.4, -0.2) is 11.7 Å². The number of aliphatic hydroxyl groups is 1. The topological polar surface area (TPSA) is 20.2 Å². The molecule has 0 saturated heterocycles. The molecule has 1 rings (SSSR count). The maximum absolute atomic E-state index is 12.9. The molecule has 1 aromatic carbocycles. The van der Waals surface area contributed by atoms with Gasteiger partial charge >= 0.3 is 0 Å². The number of hydrogen-bond donors (Lipinski definition) is 1. The van der Waals surface area contributed by atoms with Gasteiger partial charge in [0.1, 0.15) is 11.6 Å². The highest BCUT2D eigenvalue weighted by molar-refractivity contribution is 5.64. The van der Waals surface area contributed by atoms with E-state index in [4.69, 9.17) is 5.11 Å². The average molecular weight is 170 g/mol. The Hall–Kier alpha value is -1.22. The Morgan fingerprint density at radius 3 is 2.58 bits per heavy atom. The summed E-state index contributed by atoms with van der Waals surface area (Å²) in [6.07, 6.45) is 0. The fourth-order valence-corrected chi connectivity index (χ4v) is 0.861. The van der Waals surface area contributed by atoms with Crippen LogP contribution in [0.25, 0.3) is 5.57 Å². The van der Waals surface area contributed by atoms with E-state index in [1.165, 1.54) is 6.07 Å². The standard InChI is InChI=1S/C9H8F2O/c1-6(5-12)8-3-2-7(10)4-9(8)11/h2-4,12H,1,5H2. The van der Waals surface area contributed by atoms with Gasteiger partial charge in [0.2, 0.25) is 0 Å². The molecule has 0 heterocycles. The fourth-order valence-electron chi connectivity index (χ4n) is 0.861. The molecule has 64 valence electrons. The summed E-state index contributed by atoms with van der Waals surface area (Å²) in [7, 11) is 0. The lowest BCUT2D eigenvalue weighted by Crippen LogP contribution is -1.93. The normalized spacial score (nSPS) is 9.92. The molecule has 0 bridgehead atoms. The van der Waals surface area contributed by atoms with Crippen LogP contribution in [0.3, 0.4) is 0 Å². The molecule has 1 nitrogen and oxygen atoms in total. The second-order valence-electron chi connectivity index (χ2n) is 2.39. The molecule has 1 N–H and O–H groups in total. The van der Waals surface area contributed by atoms with E-state index in [1.54, 1.807) is 0 Å². The van der Waals surface area contributed by atoms with Crippen LogP contribution in [0.15, 0.2) is 24.8 Å². The summed E-state index contributed by atoms with van der Waals surface area (Å²) in [6.45, 7) is 3.09. The van der Waals surface area contributed by atoms with Crippen molar-refractivity contribution in [3.8, 4) is 0 Å². The van der Waals surface area contributed by atoms with Gasteiger partial charge in [-0.15, -0.1) is 0 Å². The smallest absolute Gasteiger partial charge is 0.133 e. The number of halogens is 2. The summed E-state index contributed by atoms with van der Waals surface area (Å²) < 4.78 is 25.3. The van der Waals surface area contributed by atoms with Crippen molar-refractivity contribution >= 4 is 5.57 Å². The zero-order chi connectivity index (χ0) is 9.14. The molecule has 0 aliphatic carbocycles. The Morgan fingerprint density at radius 2 is 2.08 bits per heavy atom.